The van der Waals surface area contributed by atoms with Gasteiger partial charge in [-0.25, -0.2) is 4.79 Å². The summed E-state index contributed by atoms with van der Waals surface area (Å²) in [5, 5.41) is 12.1. The minimum atomic E-state index is -1.000. The Kier molecular flexibility index (Phi) is 7.73. The van der Waals surface area contributed by atoms with Crippen LogP contribution in [0.15, 0.2) is 48.5 Å². The average molecular weight is 479 g/mol. The number of carboxylic acids is 1. The maximum Gasteiger partial charge on any atom is 0.407 e. The van der Waals surface area contributed by atoms with Crippen molar-refractivity contribution in [2.24, 2.45) is 11.8 Å². The largest absolute Gasteiger partial charge is 0.480 e. The van der Waals surface area contributed by atoms with Crippen LogP contribution in [-0.4, -0.2) is 53.7 Å². The first-order valence-corrected chi connectivity index (χ1v) is 12.4. The highest BCUT2D eigenvalue weighted by atomic mass is 16.5. The van der Waals surface area contributed by atoms with Gasteiger partial charge in [0.25, 0.3) is 0 Å². The first-order valence-electron chi connectivity index (χ1n) is 12.4. The molecule has 2 aromatic carbocycles. The van der Waals surface area contributed by atoms with Gasteiger partial charge in [-0.05, 0) is 53.4 Å². The van der Waals surface area contributed by atoms with E-state index in [2.05, 4.69) is 29.6 Å². The molecule has 2 atom stereocenters. The smallest absolute Gasteiger partial charge is 0.407 e. The van der Waals surface area contributed by atoms with Crippen molar-refractivity contribution in [3.8, 4) is 11.1 Å². The molecule has 0 aromatic heterocycles. The molecule has 2 aromatic rings. The van der Waals surface area contributed by atoms with Gasteiger partial charge in [-0.1, -0.05) is 62.4 Å². The van der Waals surface area contributed by atoms with Crippen molar-refractivity contribution in [1.29, 1.82) is 0 Å². The van der Waals surface area contributed by atoms with Gasteiger partial charge >= 0.3 is 12.1 Å². The summed E-state index contributed by atoms with van der Waals surface area (Å²) in [6.45, 7) is 4.36. The molecule has 7 heteroatoms. The number of hydrogen-bond donors (Lipinski definition) is 2. The van der Waals surface area contributed by atoms with Crippen molar-refractivity contribution in [3.05, 3.63) is 59.7 Å². The Balaban J connectivity index is 1.27. The van der Waals surface area contributed by atoms with Crippen LogP contribution in [0.1, 0.15) is 56.6 Å². The molecule has 1 fully saturated rings. The zero-order valence-electron chi connectivity index (χ0n) is 20.4. The predicted molar refractivity (Wildman–Crippen MR) is 133 cm³/mol. The molecular weight excluding hydrogens is 444 g/mol. The minimum Gasteiger partial charge on any atom is -0.480 e. The summed E-state index contributed by atoms with van der Waals surface area (Å²) in [6.07, 6.45) is 2.17. The first-order chi connectivity index (χ1) is 16.8. The summed E-state index contributed by atoms with van der Waals surface area (Å²) >= 11 is 0. The lowest BCUT2D eigenvalue weighted by atomic mass is 9.98. The summed E-state index contributed by atoms with van der Waals surface area (Å²) in [5.41, 5.74) is 4.73. The molecule has 2 aliphatic rings. The Morgan fingerprint density at radius 1 is 1.03 bits per heavy atom. The van der Waals surface area contributed by atoms with Crippen LogP contribution < -0.4 is 5.32 Å². The average Bonchev–Trinajstić information content (AvgIpc) is 3.38. The molecule has 2 amide bonds. The first kappa shape index (κ1) is 24.8. The Labute approximate surface area is 206 Å². The van der Waals surface area contributed by atoms with E-state index in [1.165, 1.54) is 27.2 Å². The Bertz CT molecular complexity index is 1040. The molecule has 35 heavy (non-hydrogen) atoms. The highest BCUT2D eigenvalue weighted by Gasteiger charge is 2.32. The SMILES string of the molecule is CC(C)CN(CC(=O)O)C(=O)CC1CCC(NC(=O)OCC2c3ccccc3-c3ccccc32)C1. The molecule has 0 spiro atoms. The van der Waals surface area contributed by atoms with Gasteiger partial charge in [0.2, 0.25) is 5.91 Å². The normalized spacial score (nSPS) is 18.7. The lowest BCUT2D eigenvalue weighted by Gasteiger charge is -2.24. The van der Waals surface area contributed by atoms with Gasteiger partial charge in [-0.2, -0.15) is 0 Å². The molecule has 0 saturated heterocycles. The second-order valence-electron chi connectivity index (χ2n) is 10.1. The third-order valence-corrected chi connectivity index (χ3v) is 6.93. The molecule has 1 saturated carbocycles. The van der Waals surface area contributed by atoms with E-state index in [0.29, 0.717) is 19.4 Å². The number of carbonyl (C=O) groups is 3. The number of hydrogen-bond acceptors (Lipinski definition) is 4. The number of carbonyl (C=O) groups excluding carboxylic acids is 2. The molecule has 4 rings (SSSR count). The molecule has 0 radical (unpaired) electrons. The van der Waals surface area contributed by atoms with Crippen LogP contribution in [0.4, 0.5) is 4.79 Å². The Morgan fingerprint density at radius 2 is 1.66 bits per heavy atom. The molecule has 0 aliphatic heterocycles. The zero-order valence-corrected chi connectivity index (χ0v) is 20.4. The maximum absolute atomic E-state index is 12.7. The fraction of sp³-hybridized carbons (Fsp3) is 0.464. The number of nitrogens with one attached hydrogen (secondary N) is 1. The van der Waals surface area contributed by atoms with Crippen LogP contribution in [0.2, 0.25) is 0 Å². The minimum absolute atomic E-state index is 0.0169. The second-order valence-corrected chi connectivity index (χ2v) is 10.1. The van der Waals surface area contributed by atoms with Crippen molar-refractivity contribution in [2.45, 2.75) is 51.5 Å². The molecule has 186 valence electrons. The number of nitrogens with zero attached hydrogens (tertiary/aromatic N) is 1. The third-order valence-electron chi connectivity index (χ3n) is 6.93. The number of rotatable bonds is 9. The number of alkyl carbamates (subject to hydrolysis) is 1. The van der Waals surface area contributed by atoms with E-state index in [4.69, 9.17) is 9.84 Å². The van der Waals surface area contributed by atoms with Gasteiger partial charge in [0.1, 0.15) is 13.2 Å². The van der Waals surface area contributed by atoms with Gasteiger partial charge < -0.3 is 20.1 Å². The van der Waals surface area contributed by atoms with Crippen LogP contribution in [0.5, 0.6) is 0 Å². The highest BCUT2D eigenvalue weighted by molar-refractivity contribution is 5.81. The lowest BCUT2D eigenvalue weighted by molar-refractivity contribution is -0.145. The molecule has 2 aliphatic carbocycles. The molecule has 2 N–H and O–H groups in total. The number of aliphatic carboxylic acids is 1. The van der Waals surface area contributed by atoms with Crippen molar-refractivity contribution in [2.75, 3.05) is 19.7 Å². The van der Waals surface area contributed by atoms with Crippen LogP contribution >= 0.6 is 0 Å². The molecular formula is C28H34N2O5. The van der Waals surface area contributed by atoms with Crippen molar-refractivity contribution in [3.63, 3.8) is 0 Å². The van der Waals surface area contributed by atoms with Gasteiger partial charge in [-0.3, -0.25) is 9.59 Å². The highest BCUT2D eigenvalue weighted by Crippen LogP contribution is 2.44. The molecule has 0 heterocycles. The van der Waals surface area contributed by atoms with E-state index in [9.17, 15) is 14.4 Å². The quantitative estimate of drug-likeness (QED) is 0.547. The van der Waals surface area contributed by atoms with Crippen LogP contribution in [0.25, 0.3) is 11.1 Å². The van der Waals surface area contributed by atoms with E-state index in [0.717, 1.165) is 12.8 Å². The predicted octanol–water partition coefficient (Wildman–Crippen LogP) is 4.65. The van der Waals surface area contributed by atoms with Gasteiger partial charge in [0.05, 0.1) is 0 Å². The van der Waals surface area contributed by atoms with Gasteiger partial charge in [0, 0.05) is 24.9 Å². The van der Waals surface area contributed by atoms with Crippen molar-refractivity contribution < 1.29 is 24.2 Å². The molecule has 2 unspecified atom stereocenters. The third kappa shape index (κ3) is 6.02. The lowest BCUT2D eigenvalue weighted by Crippen LogP contribution is -2.39. The number of amides is 2. The number of benzene rings is 2. The zero-order chi connectivity index (χ0) is 24.9. The van der Waals surface area contributed by atoms with E-state index in [-0.39, 0.29) is 42.9 Å². The Hall–Kier alpha value is -3.35. The standard InChI is InChI=1S/C28H34N2O5/c1-18(2)15-30(16-27(32)33)26(31)14-19-11-12-20(13-19)29-28(34)35-17-25-23-9-5-3-7-21(23)22-8-4-6-10-24(22)25/h3-10,18-20,25H,11-17H2,1-2H3,(H,29,34)(H,32,33). The van der Waals surface area contributed by atoms with E-state index in [1.54, 1.807) is 0 Å². The van der Waals surface area contributed by atoms with E-state index < -0.39 is 12.1 Å². The van der Waals surface area contributed by atoms with E-state index in [1.807, 2.05) is 38.1 Å². The number of fused-ring (bicyclic) bond motifs is 3. The van der Waals surface area contributed by atoms with Crippen LogP contribution in [0, 0.1) is 11.8 Å². The summed E-state index contributed by atoms with van der Waals surface area (Å²) < 4.78 is 5.65. The van der Waals surface area contributed by atoms with Gasteiger partial charge in [-0.15, -0.1) is 0 Å². The fourth-order valence-electron chi connectivity index (χ4n) is 5.43. The topological polar surface area (TPSA) is 95.9 Å². The Morgan fingerprint density at radius 3 is 2.26 bits per heavy atom. The second kappa shape index (κ2) is 10.9. The van der Waals surface area contributed by atoms with Crippen molar-refractivity contribution in [1.82, 2.24) is 10.2 Å². The summed E-state index contributed by atoms with van der Waals surface area (Å²) in [7, 11) is 0. The number of carboxylic acid groups (broad SMARTS) is 1. The summed E-state index contributed by atoms with van der Waals surface area (Å²) in [5.74, 6) is -0.786. The summed E-state index contributed by atoms with van der Waals surface area (Å²) in [4.78, 5) is 37.9. The monoisotopic (exact) mass is 478 g/mol. The van der Waals surface area contributed by atoms with Crippen LogP contribution in [0.3, 0.4) is 0 Å². The van der Waals surface area contributed by atoms with Gasteiger partial charge in [0.15, 0.2) is 0 Å². The molecule has 0 bridgehead atoms. The van der Waals surface area contributed by atoms with Crippen molar-refractivity contribution >= 4 is 18.0 Å². The maximum atomic E-state index is 12.7. The van der Waals surface area contributed by atoms with E-state index >= 15 is 0 Å². The van der Waals surface area contributed by atoms with Crippen LogP contribution in [-0.2, 0) is 14.3 Å². The molecule has 7 nitrogen and oxygen atoms in total. The number of ether oxygens (including phenoxy) is 1. The summed E-state index contributed by atoms with van der Waals surface area (Å²) in [6, 6.07) is 16.4. The fourth-order valence-corrected chi connectivity index (χ4v) is 5.43.